The van der Waals surface area contributed by atoms with Gasteiger partial charge in [-0.25, -0.2) is 27.6 Å². The van der Waals surface area contributed by atoms with Gasteiger partial charge in [-0.05, 0) is 108 Å². The number of nitrogens with zero attached hydrogens (tertiary/aromatic N) is 1. The van der Waals surface area contributed by atoms with Crippen LogP contribution in [0.15, 0.2) is 77.8 Å². The van der Waals surface area contributed by atoms with E-state index in [4.69, 9.17) is 18.5 Å². The molecule has 3 aromatic rings. The standard InChI is InChI=1S/C36H47N6O11PS/c1-23(43)37-26-14-18-29(19-15-26)52-54(47,53-30-20-16-27(17-21-30)38-24(2)44)31(42-55(9,48)49)22-25-10-12-28(13-11-25)39-32(40-33(45)50-35(3,4)5)41-34(46)51-36(6,7)8/h10-21,31,42H,22H2,1-9H3,(H,37,43)(H,38,44)(H2,39,40,41,45,46). The molecule has 3 rings (SSSR count). The van der Waals surface area contributed by atoms with Crippen molar-refractivity contribution in [3.63, 3.8) is 0 Å². The molecule has 0 aliphatic rings. The van der Waals surface area contributed by atoms with E-state index in [9.17, 15) is 32.2 Å². The molecule has 55 heavy (non-hydrogen) atoms. The number of sulfonamides is 1. The van der Waals surface area contributed by atoms with Crippen LogP contribution in [0.4, 0.5) is 26.7 Å². The van der Waals surface area contributed by atoms with Gasteiger partial charge in [0.1, 0.15) is 22.7 Å². The van der Waals surface area contributed by atoms with Crippen molar-refractivity contribution in [2.45, 2.75) is 78.8 Å². The summed E-state index contributed by atoms with van der Waals surface area (Å²) in [5.74, 6) is -2.34. The van der Waals surface area contributed by atoms with Gasteiger partial charge in [-0.3, -0.25) is 20.2 Å². The minimum Gasteiger partial charge on any atom is -0.444 e. The number of hydrogen-bond donors (Lipinski definition) is 5. The average Bonchev–Trinajstić information content (AvgIpc) is 3.00. The van der Waals surface area contributed by atoms with E-state index in [0.29, 0.717) is 16.9 Å². The highest BCUT2D eigenvalue weighted by Gasteiger charge is 2.41. The van der Waals surface area contributed by atoms with Crippen molar-refractivity contribution in [1.29, 1.82) is 0 Å². The number of anilines is 2. The lowest BCUT2D eigenvalue weighted by molar-refractivity contribution is -0.115. The molecule has 298 valence electrons. The average molecular weight is 803 g/mol. The molecule has 1 unspecified atom stereocenters. The van der Waals surface area contributed by atoms with Crippen molar-refractivity contribution in [2.75, 3.05) is 16.9 Å². The Bertz CT molecular complexity index is 1930. The second kappa shape index (κ2) is 18.3. The molecular formula is C36H47N6O11PS. The summed E-state index contributed by atoms with van der Waals surface area (Å²) >= 11 is 0. The van der Waals surface area contributed by atoms with Crippen molar-refractivity contribution in [1.82, 2.24) is 15.4 Å². The Balaban J connectivity index is 2.00. The predicted octanol–water partition coefficient (Wildman–Crippen LogP) is 6.41. The lowest BCUT2D eigenvalue weighted by Crippen LogP contribution is -2.47. The van der Waals surface area contributed by atoms with Crippen LogP contribution >= 0.6 is 7.60 Å². The van der Waals surface area contributed by atoms with E-state index in [1.165, 1.54) is 74.5 Å². The van der Waals surface area contributed by atoms with Crippen molar-refractivity contribution >= 4 is 64.6 Å². The molecule has 5 N–H and O–H groups in total. The molecule has 0 aromatic heterocycles. The predicted molar refractivity (Wildman–Crippen MR) is 208 cm³/mol. The minimum absolute atomic E-state index is 0.0415. The largest absolute Gasteiger partial charge is 0.448 e. The van der Waals surface area contributed by atoms with E-state index in [-0.39, 0.29) is 41.4 Å². The van der Waals surface area contributed by atoms with E-state index in [0.717, 1.165) is 6.26 Å². The first-order valence-electron chi connectivity index (χ1n) is 16.8. The summed E-state index contributed by atoms with van der Waals surface area (Å²) in [5, 5.41) is 10.0. The van der Waals surface area contributed by atoms with Crippen LogP contribution in [-0.2, 0) is 40.1 Å². The lowest BCUT2D eigenvalue weighted by atomic mass is 10.1. The number of guanidine groups is 1. The Hall–Kier alpha value is -5.45. The van der Waals surface area contributed by atoms with Crippen LogP contribution in [0.1, 0.15) is 61.0 Å². The zero-order chi connectivity index (χ0) is 41.2. The first-order valence-corrected chi connectivity index (χ1v) is 20.3. The number of amides is 4. The minimum atomic E-state index is -4.54. The molecule has 0 radical (unpaired) electrons. The summed E-state index contributed by atoms with van der Waals surface area (Å²) in [7, 11) is -8.57. The fraction of sp³-hybridized carbons (Fsp3) is 0.361. The van der Waals surface area contributed by atoms with E-state index in [1.54, 1.807) is 53.7 Å². The highest BCUT2D eigenvalue weighted by molar-refractivity contribution is 7.89. The zero-order valence-electron chi connectivity index (χ0n) is 32.0. The second-order valence-corrected chi connectivity index (χ2v) is 18.0. The molecule has 17 nitrogen and oxygen atoms in total. The number of aliphatic imine (C=N–C) groups is 1. The van der Waals surface area contributed by atoms with Crippen molar-refractivity contribution < 1.29 is 50.7 Å². The fourth-order valence-electron chi connectivity index (χ4n) is 4.46. The van der Waals surface area contributed by atoms with Crippen LogP contribution in [0.25, 0.3) is 0 Å². The number of rotatable bonds is 12. The first-order chi connectivity index (χ1) is 25.4. The molecule has 0 fully saturated rings. The van der Waals surface area contributed by atoms with E-state index >= 15 is 0 Å². The Morgan fingerprint density at radius 3 is 1.44 bits per heavy atom. The van der Waals surface area contributed by atoms with Crippen LogP contribution in [-0.4, -0.2) is 61.6 Å². The second-order valence-electron chi connectivity index (χ2n) is 14.1. The maximum absolute atomic E-state index is 14.8. The molecule has 0 aliphatic carbocycles. The van der Waals surface area contributed by atoms with Gasteiger partial charge in [0.25, 0.3) is 0 Å². The molecule has 0 aliphatic heterocycles. The molecule has 4 amide bonds. The molecule has 3 aromatic carbocycles. The van der Waals surface area contributed by atoms with Crippen LogP contribution in [0, 0.1) is 0 Å². The Morgan fingerprint density at radius 2 is 1.09 bits per heavy atom. The molecule has 0 saturated heterocycles. The van der Waals surface area contributed by atoms with Gasteiger partial charge < -0.3 is 29.2 Å². The molecule has 0 spiro atoms. The van der Waals surface area contributed by atoms with Crippen LogP contribution in [0.5, 0.6) is 11.5 Å². The molecule has 0 saturated carbocycles. The highest BCUT2D eigenvalue weighted by Crippen LogP contribution is 2.53. The van der Waals surface area contributed by atoms with Crippen molar-refractivity contribution in [3.05, 3.63) is 78.4 Å². The third-order valence-electron chi connectivity index (χ3n) is 6.39. The Morgan fingerprint density at radius 1 is 0.691 bits per heavy atom. The number of nitrogens with one attached hydrogen (secondary N) is 5. The summed E-state index contributed by atoms with van der Waals surface area (Å²) in [4.78, 5) is 52.4. The maximum atomic E-state index is 14.8. The van der Waals surface area contributed by atoms with Crippen molar-refractivity contribution in [3.8, 4) is 11.5 Å². The van der Waals surface area contributed by atoms with Gasteiger partial charge in [0.15, 0.2) is 5.78 Å². The van der Waals surface area contributed by atoms with Crippen LogP contribution in [0.2, 0.25) is 0 Å². The molecule has 0 heterocycles. The number of benzene rings is 3. The van der Waals surface area contributed by atoms with Crippen LogP contribution < -0.4 is 35.0 Å². The van der Waals surface area contributed by atoms with Gasteiger partial charge in [0.2, 0.25) is 27.8 Å². The number of carbonyl (C=O) groups excluding carboxylic acids is 4. The fourth-order valence-corrected chi connectivity index (χ4v) is 7.68. The van der Waals surface area contributed by atoms with E-state index in [2.05, 4.69) is 31.0 Å². The number of carbonyl (C=O) groups is 4. The molecular weight excluding hydrogens is 755 g/mol. The van der Waals surface area contributed by atoms with Gasteiger partial charge in [-0.2, -0.15) is 4.72 Å². The summed E-state index contributed by atoms with van der Waals surface area (Å²) in [6, 6.07) is 17.9. The lowest BCUT2D eigenvalue weighted by Gasteiger charge is -2.28. The van der Waals surface area contributed by atoms with Crippen LogP contribution in [0.3, 0.4) is 0 Å². The summed E-state index contributed by atoms with van der Waals surface area (Å²) in [6.07, 6.45) is -1.11. The normalized spacial score (nSPS) is 12.3. The van der Waals surface area contributed by atoms with Gasteiger partial charge in [0, 0.05) is 31.6 Å². The summed E-state index contributed by atoms with van der Waals surface area (Å²) in [6.45, 7) is 12.7. The molecule has 0 bridgehead atoms. The number of alkyl carbamates (subject to hydrolysis) is 2. The third kappa shape index (κ3) is 16.6. The topological polar surface area (TPSA) is 229 Å². The van der Waals surface area contributed by atoms with E-state index < -0.39 is 46.8 Å². The maximum Gasteiger partial charge on any atom is 0.448 e. The number of hydrogen-bond acceptors (Lipinski definition) is 12. The monoisotopic (exact) mass is 802 g/mol. The smallest absolute Gasteiger partial charge is 0.444 e. The number of ether oxygens (including phenoxy) is 2. The SMILES string of the molecule is CC(=O)Nc1ccc(OP(=O)(Oc2ccc(NC(C)=O)cc2)C(Cc2ccc(N=C(NC(=O)OC(C)(C)C)NC(=O)OC(C)(C)C)cc2)NS(C)(=O)=O)cc1. The van der Waals surface area contributed by atoms with Gasteiger partial charge >= 0.3 is 19.8 Å². The van der Waals surface area contributed by atoms with Gasteiger partial charge in [0.05, 0.1) is 11.9 Å². The molecule has 19 heteroatoms. The molecule has 1 atom stereocenters. The Kier molecular flexibility index (Phi) is 14.6. The van der Waals surface area contributed by atoms with Crippen molar-refractivity contribution in [2.24, 2.45) is 4.99 Å². The Labute approximate surface area is 320 Å². The first kappa shape index (κ1) is 44.0. The third-order valence-corrected chi connectivity index (χ3v) is 9.28. The van der Waals surface area contributed by atoms with E-state index in [1.807, 2.05) is 0 Å². The zero-order valence-corrected chi connectivity index (χ0v) is 33.7. The van der Waals surface area contributed by atoms with Gasteiger partial charge in [-0.15, -0.1) is 0 Å². The quantitative estimate of drug-likeness (QED) is 0.0763. The highest BCUT2D eigenvalue weighted by atomic mass is 32.2. The van der Waals surface area contributed by atoms with Gasteiger partial charge in [-0.1, -0.05) is 12.1 Å². The summed E-state index contributed by atoms with van der Waals surface area (Å²) < 4.78 is 65.1. The summed E-state index contributed by atoms with van der Waals surface area (Å²) in [5.41, 5.74) is -0.132.